The summed E-state index contributed by atoms with van der Waals surface area (Å²) in [4.78, 5) is 0. The molecule has 0 bridgehead atoms. The van der Waals surface area contributed by atoms with Crippen molar-refractivity contribution in [3.05, 3.63) is 90.7 Å². The summed E-state index contributed by atoms with van der Waals surface area (Å²) in [6.07, 6.45) is 3.73. The second kappa shape index (κ2) is 12.5. The fraction of sp³-hybridized carbons (Fsp3) is 0.333. The van der Waals surface area contributed by atoms with Crippen LogP contribution < -0.4 is 20.9 Å². The number of hydrogen-bond acceptors (Lipinski definition) is 0. The molecule has 0 heterocycles. The van der Waals surface area contributed by atoms with Gasteiger partial charge in [0.25, 0.3) is 0 Å². The van der Waals surface area contributed by atoms with Crippen molar-refractivity contribution in [3.8, 4) is 0 Å². The highest BCUT2D eigenvalue weighted by Gasteiger charge is 2.38. The van der Waals surface area contributed by atoms with Gasteiger partial charge in [0.15, 0.2) is 46.5 Å². The van der Waals surface area contributed by atoms with Crippen LogP contribution in [0.1, 0.15) is 78.1 Å². The molecule has 0 saturated carbocycles. The van der Waals surface area contributed by atoms with Crippen molar-refractivity contribution in [3.63, 3.8) is 0 Å². The van der Waals surface area contributed by atoms with Crippen LogP contribution in [0.2, 0.25) is 0 Å². The van der Waals surface area contributed by atoms with Crippen LogP contribution >= 0.6 is 0 Å². The van der Waals surface area contributed by atoms with Crippen molar-refractivity contribution >= 4 is 43.8 Å². The molecule has 2 aliphatic rings. The van der Waals surface area contributed by atoms with Gasteiger partial charge in [0.2, 0.25) is 0 Å². The van der Waals surface area contributed by atoms with E-state index in [4.69, 9.17) is 0 Å². The summed E-state index contributed by atoms with van der Waals surface area (Å²) < 4.78 is 184. The van der Waals surface area contributed by atoms with Crippen LogP contribution in [0.15, 0.2) is 0 Å². The standard InChI is InChI=1S/C36H26F12/c1-3-5-7-9-11-13-15-16(20-17(13)25(37)21-23(28(20)40)31(43)35(47)33(45)29(21)41)14(12-10-8-6-4-2)18-19(15)27(39)24-22(26(18)38)30(42)34(46)36(48)32(24)44/h3-12H2,1-2H3. The molecule has 0 amide bonds. The van der Waals surface area contributed by atoms with Gasteiger partial charge in [0, 0.05) is 20.9 Å². The zero-order chi connectivity index (χ0) is 34.9. The third kappa shape index (κ3) is 4.60. The van der Waals surface area contributed by atoms with Gasteiger partial charge >= 0.3 is 0 Å². The van der Waals surface area contributed by atoms with Gasteiger partial charge in [-0.25, -0.2) is 52.7 Å². The van der Waals surface area contributed by atoms with Gasteiger partial charge in [-0.05, 0) is 48.0 Å². The molecular weight excluding hydrogens is 660 g/mol. The van der Waals surface area contributed by atoms with Crippen LogP contribution in [0.3, 0.4) is 0 Å². The molecule has 0 fully saturated rings. The molecule has 12 heteroatoms. The first kappa shape index (κ1) is 33.9. The summed E-state index contributed by atoms with van der Waals surface area (Å²) >= 11 is 0. The van der Waals surface area contributed by atoms with Crippen LogP contribution in [0.5, 0.6) is 0 Å². The molecule has 0 atom stereocenters. The monoisotopic (exact) mass is 686 g/mol. The maximum absolute atomic E-state index is 16.6. The minimum atomic E-state index is -2.42. The molecule has 2 aliphatic carbocycles. The molecule has 48 heavy (non-hydrogen) atoms. The Morgan fingerprint density at radius 1 is 0.292 bits per heavy atom. The number of unbranched alkanes of at least 4 members (excludes halogenated alkanes) is 6. The molecule has 254 valence electrons. The highest BCUT2D eigenvalue weighted by Crippen LogP contribution is 2.41. The Kier molecular flexibility index (Phi) is 8.83. The molecule has 0 spiro atoms. The average Bonchev–Trinajstić information content (AvgIpc) is 3.57. The lowest BCUT2D eigenvalue weighted by molar-refractivity contribution is 0.414. The summed E-state index contributed by atoms with van der Waals surface area (Å²) in [5.41, 5.74) is -1.35. The number of benzene rings is 4. The molecule has 0 nitrogen and oxygen atoms in total. The lowest BCUT2D eigenvalue weighted by Gasteiger charge is -2.11. The normalized spacial score (nSPS) is 13.9. The van der Waals surface area contributed by atoms with E-state index in [-0.39, 0.29) is 36.8 Å². The summed E-state index contributed by atoms with van der Waals surface area (Å²) in [6, 6.07) is 0. The molecule has 0 aromatic heterocycles. The van der Waals surface area contributed by atoms with E-state index in [2.05, 4.69) is 0 Å². The molecule has 6 rings (SSSR count). The smallest absolute Gasteiger partial charge is 0.198 e. The predicted octanol–water partition coefficient (Wildman–Crippen LogP) is 8.93. The fourth-order valence-corrected chi connectivity index (χ4v) is 7.12. The van der Waals surface area contributed by atoms with Crippen LogP contribution in [-0.2, 0) is 0 Å². The van der Waals surface area contributed by atoms with E-state index in [0.29, 0.717) is 25.7 Å². The lowest BCUT2D eigenvalue weighted by atomic mass is 9.93. The fourth-order valence-electron chi connectivity index (χ4n) is 7.12. The second-order valence-electron chi connectivity index (χ2n) is 12.1. The average molecular weight is 687 g/mol. The summed E-state index contributed by atoms with van der Waals surface area (Å²) in [5.74, 6) is -25.5. The van der Waals surface area contributed by atoms with Gasteiger partial charge in [0.1, 0.15) is 23.3 Å². The van der Waals surface area contributed by atoms with E-state index in [1.54, 1.807) is 0 Å². The minimum absolute atomic E-state index is 0.211. The van der Waals surface area contributed by atoms with Gasteiger partial charge in [-0.3, -0.25) is 0 Å². The van der Waals surface area contributed by atoms with Crippen LogP contribution in [0, 0.1) is 69.8 Å². The Morgan fingerprint density at radius 3 is 0.833 bits per heavy atom. The number of rotatable bonds is 10. The first-order chi connectivity index (χ1) is 22.8. The zero-order valence-electron chi connectivity index (χ0n) is 25.6. The van der Waals surface area contributed by atoms with E-state index < -0.39 is 123 Å². The largest absolute Gasteiger partial charge is 0.206 e. The van der Waals surface area contributed by atoms with Gasteiger partial charge in [-0.2, -0.15) is 0 Å². The molecule has 0 radical (unpaired) electrons. The summed E-state index contributed by atoms with van der Waals surface area (Å²) in [6.45, 7) is 3.74. The minimum Gasteiger partial charge on any atom is -0.206 e. The summed E-state index contributed by atoms with van der Waals surface area (Å²) in [7, 11) is 0. The lowest BCUT2D eigenvalue weighted by Crippen LogP contribution is -2.36. The first-order valence-corrected chi connectivity index (χ1v) is 15.6. The van der Waals surface area contributed by atoms with Gasteiger partial charge in [-0.15, -0.1) is 0 Å². The Morgan fingerprint density at radius 2 is 0.562 bits per heavy atom. The Bertz CT molecular complexity index is 2170. The Hall–Kier alpha value is -3.96. The molecular formula is C36H26F12. The van der Waals surface area contributed by atoms with E-state index >= 15 is 35.1 Å². The van der Waals surface area contributed by atoms with E-state index in [1.807, 2.05) is 13.8 Å². The van der Waals surface area contributed by atoms with E-state index in [0.717, 1.165) is 12.8 Å². The Balaban J connectivity index is 1.91. The second-order valence-corrected chi connectivity index (χ2v) is 12.1. The number of fused-ring (bicyclic) bond motifs is 5. The first-order valence-electron chi connectivity index (χ1n) is 15.6. The molecule has 0 N–H and O–H groups in total. The van der Waals surface area contributed by atoms with Gasteiger partial charge < -0.3 is 0 Å². The highest BCUT2D eigenvalue weighted by atomic mass is 19.2. The Labute approximate surface area is 265 Å². The van der Waals surface area contributed by atoms with Crippen LogP contribution in [0.25, 0.3) is 43.8 Å². The number of halogens is 12. The highest BCUT2D eigenvalue weighted by molar-refractivity contribution is 6.27. The van der Waals surface area contributed by atoms with Crippen molar-refractivity contribution in [1.29, 1.82) is 0 Å². The maximum atomic E-state index is 16.6. The number of hydrogen-bond donors (Lipinski definition) is 0. The van der Waals surface area contributed by atoms with Crippen molar-refractivity contribution in [2.75, 3.05) is 0 Å². The van der Waals surface area contributed by atoms with E-state index in [9.17, 15) is 17.6 Å². The predicted molar refractivity (Wildman–Crippen MR) is 157 cm³/mol. The van der Waals surface area contributed by atoms with Gasteiger partial charge in [-0.1, -0.05) is 52.4 Å². The third-order valence-electron chi connectivity index (χ3n) is 9.31. The molecule has 4 aromatic rings. The molecule has 0 unspecified atom stereocenters. The van der Waals surface area contributed by atoms with Crippen molar-refractivity contribution in [1.82, 2.24) is 0 Å². The summed E-state index contributed by atoms with van der Waals surface area (Å²) in [5, 5.41) is -9.39. The zero-order valence-corrected chi connectivity index (χ0v) is 25.6. The topological polar surface area (TPSA) is 0 Å². The van der Waals surface area contributed by atoms with E-state index in [1.165, 1.54) is 0 Å². The van der Waals surface area contributed by atoms with Crippen molar-refractivity contribution < 1.29 is 52.7 Å². The van der Waals surface area contributed by atoms with Crippen LogP contribution in [-0.4, -0.2) is 0 Å². The molecule has 0 aliphatic heterocycles. The third-order valence-corrected chi connectivity index (χ3v) is 9.31. The quantitative estimate of drug-likeness (QED) is 0.0677. The SMILES string of the molecule is CCCCCCC1=c2c(F)c3c(F)c(F)c(F)c(F)c3c(F)c2=C2C(CCCCCC)=c3c(F)c4c(F)c(F)c(F)c(F)c4c(F)c3=C12. The van der Waals surface area contributed by atoms with Gasteiger partial charge in [0.05, 0.1) is 21.5 Å². The van der Waals surface area contributed by atoms with Crippen LogP contribution in [0.4, 0.5) is 52.7 Å². The molecule has 0 saturated heterocycles. The van der Waals surface area contributed by atoms with Crippen molar-refractivity contribution in [2.24, 2.45) is 0 Å². The molecule has 4 aromatic carbocycles. The maximum Gasteiger partial charge on any atom is 0.198 e. The van der Waals surface area contributed by atoms with Crippen molar-refractivity contribution in [2.45, 2.75) is 78.1 Å².